The molecule has 0 amide bonds. The van der Waals surface area contributed by atoms with E-state index in [0.717, 1.165) is 6.42 Å². The topological polar surface area (TPSA) is 38.7 Å². The highest BCUT2D eigenvalue weighted by molar-refractivity contribution is 4.84. The standard InChI is InChI=1S/C14H30O3/c1-12(2)14(6,11-13(3,4)5)17-10-9-16-8-7-15/h12,15H,7-11H2,1-6H3. The molecule has 0 fully saturated rings. The zero-order valence-corrected chi connectivity index (χ0v) is 12.4. The maximum absolute atomic E-state index is 8.60. The third kappa shape index (κ3) is 7.74. The molecule has 0 aromatic rings. The SMILES string of the molecule is CC(C)C(C)(CC(C)(C)C)OCCOCCO. The summed E-state index contributed by atoms with van der Waals surface area (Å²) in [6, 6.07) is 0. The molecule has 0 aliphatic heterocycles. The normalized spacial score (nSPS) is 16.2. The van der Waals surface area contributed by atoms with Crippen LogP contribution in [-0.4, -0.2) is 37.1 Å². The van der Waals surface area contributed by atoms with E-state index in [9.17, 15) is 0 Å². The second-order valence-electron chi connectivity index (χ2n) is 6.39. The Morgan fingerprint density at radius 3 is 2.00 bits per heavy atom. The van der Waals surface area contributed by atoms with E-state index in [4.69, 9.17) is 14.6 Å². The van der Waals surface area contributed by atoms with Crippen molar-refractivity contribution in [3.8, 4) is 0 Å². The van der Waals surface area contributed by atoms with Crippen LogP contribution in [-0.2, 0) is 9.47 Å². The van der Waals surface area contributed by atoms with Crippen LogP contribution in [0.1, 0.15) is 48.0 Å². The lowest BCUT2D eigenvalue weighted by Crippen LogP contribution is -2.39. The Morgan fingerprint density at radius 2 is 1.59 bits per heavy atom. The molecule has 0 rings (SSSR count). The van der Waals surface area contributed by atoms with Gasteiger partial charge in [-0.25, -0.2) is 0 Å². The lowest BCUT2D eigenvalue weighted by molar-refractivity contribution is -0.104. The monoisotopic (exact) mass is 246 g/mol. The van der Waals surface area contributed by atoms with Crippen LogP contribution in [0.5, 0.6) is 0 Å². The Bertz CT molecular complexity index is 196. The minimum atomic E-state index is -0.110. The van der Waals surface area contributed by atoms with Crippen LogP contribution in [0.25, 0.3) is 0 Å². The fourth-order valence-electron chi connectivity index (χ4n) is 1.98. The summed E-state index contributed by atoms with van der Waals surface area (Å²) in [5.41, 5.74) is 0.145. The van der Waals surface area contributed by atoms with Crippen LogP contribution in [0.2, 0.25) is 0 Å². The molecule has 3 nitrogen and oxygen atoms in total. The van der Waals surface area contributed by atoms with Crippen LogP contribution in [0.4, 0.5) is 0 Å². The average molecular weight is 246 g/mol. The van der Waals surface area contributed by atoms with Crippen LogP contribution in [0.3, 0.4) is 0 Å². The van der Waals surface area contributed by atoms with E-state index in [1.165, 1.54) is 0 Å². The van der Waals surface area contributed by atoms with Crippen LogP contribution in [0.15, 0.2) is 0 Å². The smallest absolute Gasteiger partial charge is 0.0708 e. The first kappa shape index (κ1) is 16.9. The lowest BCUT2D eigenvalue weighted by atomic mass is 9.77. The first-order valence-corrected chi connectivity index (χ1v) is 6.54. The van der Waals surface area contributed by atoms with E-state index in [1.807, 2.05) is 0 Å². The number of aliphatic hydroxyl groups excluding tert-OH is 1. The lowest BCUT2D eigenvalue weighted by Gasteiger charge is -2.39. The molecular formula is C14H30O3. The molecule has 0 radical (unpaired) electrons. The van der Waals surface area contributed by atoms with Crippen molar-refractivity contribution < 1.29 is 14.6 Å². The summed E-state index contributed by atoms with van der Waals surface area (Å²) in [5.74, 6) is 0.472. The fourth-order valence-corrected chi connectivity index (χ4v) is 1.98. The number of hydrogen-bond donors (Lipinski definition) is 1. The van der Waals surface area contributed by atoms with E-state index in [1.54, 1.807) is 0 Å². The van der Waals surface area contributed by atoms with Crippen LogP contribution < -0.4 is 0 Å². The van der Waals surface area contributed by atoms with E-state index in [-0.39, 0.29) is 17.6 Å². The van der Waals surface area contributed by atoms with Crippen LogP contribution >= 0.6 is 0 Å². The fraction of sp³-hybridized carbons (Fsp3) is 1.00. The van der Waals surface area contributed by atoms with Crippen molar-refractivity contribution in [3.05, 3.63) is 0 Å². The molecule has 0 aromatic heterocycles. The van der Waals surface area contributed by atoms with Gasteiger partial charge in [0.2, 0.25) is 0 Å². The molecule has 0 heterocycles. The van der Waals surface area contributed by atoms with E-state index < -0.39 is 0 Å². The third-order valence-electron chi connectivity index (χ3n) is 3.00. The van der Waals surface area contributed by atoms with Gasteiger partial charge >= 0.3 is 0 Å². The van der Waals surface area contributed by atoms with Gasteiger partial charge in [0.25, 0.3) is 0 Å². The van der Waals surface area contributed by atoms with Crippen LogP contribution in [0, 0.1) is 11.3 Å². The molecule has 1 unspecified atom stereocenters. The Kier molecular flexibility index (Phi) is 7.29. The van der Waals surface area contributed by atoms with E-state index in [2.05, 4.69) is 41.5 Å². The van der Waals surface area contributed by atoms with Gasteiger partial charge in [0.1, 0.15) is 0 Å². The average Bonchev–Trinajstić information content (AvgIpc) is 2.14. The zero-order chi connectivity index (χ0) is 13.5. The maximum Gasteiger partial charge on any atom is 0.0708 e. The predicted octanol–water partition coefficient (Wildman–Crippen LogP) is 2.86. The second kappa shape index (κ2) is 7.34. The number of ether oxygens (including phenoxy) is 2. The predicted molar refractivity (Wildman–Crippen MR) is 71.2 cm³/mol. The molecular weight excluding hydrogens is 216 g/mol. The maximum atomic E-state index is 8.60. The van der Waals surface area contributed by atoms with Gasteiger partial charge in [-0.3, -0.25) is 0 Å². The molecule has 1 atom stereocenters. The molecule has 0 aromatic carbocycles. The zero-order valence-electron chi connectivity index (χ0n) is 12.4. The van der Waals surface area contributed by atoms with Gasteiger partial charge in [-0.2, -0.15) is 0 Å². The van der Waals surface area contributed by atoms with Crippen molar-refractivity contribution in [1.82, 2.24) is 0 Å². The summed E-state index contributed by atoms with van der Waals surface area (Å²) in [6.45, 7) is 14.9. The van der Waals surface area contributed by atoms with Crippen molar-refractivity contribution in [3.63, 3.8) is 0 Å². The van der Waals surface area contributed by atoms with Crippen molar-refractivity contribution in [2.75, 3.05) is 26.4 Å². The minimum Gasteiger partial charge on any atom is -0.394 e. The second-order valence-corrected chi connectivity index (χ2v) is 6.39. The van der Waals surface area contributed by atoms with Gasteiger partial charge in [-0.15, -0.1) is 0 Å². The third-order valence-corrected chi connectivity index (χ3v) is 3.00. The van der Waals surface area contributed by atoms with Gasteiger partial charge in [0.15, 0.2) is 0 Å². The summed E-state index contributed by atoms with van der Waals surface area (Å²) < 4.78 is 11.2. The van der Waals surface area contributed by atoms with Crippen molar-refractivity contribution in [2.45, 2.75) is 53.6 Å². The summed E-state index contributed by atoms with van der Waals surface area (Å²) in [7, 11) is 0. The summed E-state index contributed by atoms with van der Waals surface area (Å²) in [4.78, 5) is 0. The van der Waals surface area contributed by atoms with Gasteiger partial charge < -0.3 is 14.6 Å². The highest BCUT2D eigenvalue weighted by atomic mass is 16.5. The van der Waals surface area contributed by atoms with Crippen molar-refractivity contribution in [2.24, 2.45) is 11.3 Å². The number of hydrogen-bond acceptors (Lipinski definition) is 3. The summed E-state index contributed by atoms with van der Waals surface area (Å²) in [6.07, 6.45) is 1.03. The minimum absolute atomic E-state index is 0.0729. The quantitative estimate of drug-likeness (QED) is 0.669. The summed E-state index contributed by atoms with van der Waals surface area (Å²) >= 11 is 0. The molecule has 0 saturated heterocycles. The Morgan fingerprint density at radius 1 is 1.00 bits per heavy atom. The Balaban J connectivity index is 4.14. The molecule has 104 valence electrons. The molecule has 0 saturated carbocycles. The van der Waals surface area contributed by atoms with Crippen molar-refractivity contribution >= 4 is 0 Å². The highest BCUT2D eigenvalue weighted by Crippen LogP contribution is 2.34. The molecule has 0 spiro atoms. The van der Waals surface area contributed by atoms with Crippen molar-refractivity contribution in [1.29, 1.82) is 0 Å². The number of aliphatic hydroxyl groups is 1. The molecule has 0 aliphatic rings. The molecule has 17 heavy (non-hydrogen) atoms. The van der Waals surface area contributed by atoms with E-state index in [0.29, 0.717) is 25.7 Å². The molecule has 0 aliphatic carbocycles. The van der Waals surface area contributed by atoms with Gasteiger partial charge in [-0.1, -0.05) is 34.6 Å². The largest absolute Gasteiger partial charge is 0.394 e. The van der Waals surface area contributed by atoms with Gasteiger partial charge in [0, 0.05) is 0 Å². The Hall–Kier alpha value is -0.120. The first-order valence-electron chi connectivity index (χ1n) is 6.54. The highest BCUT2D eigenvalue weighted by Gasteiger charge is 2.33. The molecule has 0 bridgehead atoms. The first-order chi connectivity index (χ1) is 7.71. The molecule has 3 heteroatoms. The van der Waals surface area contributed by atoms with E-state index >= 15 is 0 Å². The number of rotatable bonds is 8. The van der Waals surface area contributed by atoms with Gasteiger partial charge in [-0.05, 0) is 24.7 Å². The molecule has 1 N–H and O–H groups in total. The van der Waals surface area contributed by atoms with Gasteiger partial charge in [0.05, 0.1) is 32.0 Å². The Labute approximate surface area is 107 Å². The summed E-state index contributed by atoms with van der Waals surface area (Å²) in [5, 5.41) is 8.60.